The van der Waals surface area contributed by atoms with E-state index in [2.05, 4.69) is 10.3 Å². The number of amides is 1. The van der Waals surface area contributed by atoms with Gasteiger partial charge in [-0.15, -0.1) is 0 Å². The summed E-state index contributed by atoms with van der Waals surface area (Å²) in [5, 5.41) is 13.5. The smallest absolute Gasteiger partial charge is 0.270 e. The molecule has 1 N–H and O–H groups in total. The average Bonchev–Trinajstić information content (AvgIpc) is 2.46. The van der Waals surface area contributed by atoms with E-state index in [0.29, 0.717) is 0 Å². The van der Waals surface area contributed by atoms with E-state index in [-0.39, 0.29) is 22.8 Å². The van der Waals surface area contributed by atoms with Crippen LogP contribution in [-0.4, -0.2) is 15.8 Å². The molecule has 0 radical (unpaired) electrons. The second kappa shape index (κ2) is 6.32. The minimum Gasteiger partial charge on any atom is -0.348 e. The fourth-order valence-corrected chi connectivity index (χ4v) is 1.88. The fraction of sp³-hybridized carbons (Fsp3) is 0.143. The van der Waals surface area contributed by atoms with Crippen LogP contribution < -0.4 is 5.32 Å². The Morgan fingerprint density at radius 2 is 2.14 bits per heavy atom. The number of carbonyl (C=O) groups excluding carboxylic acids is 1. The van der Waals surface area contributed by atoms with Crippen molar-refractivity contribution in [1.82, 2.24) is 10.3 Å². The zero-order chi connectivity index (χ0) is 15.4. The summed E-state index contributed by atoms with van der Waals surface area (Å²) in [6, 6.07) is 7.43. The van der Waals surface area contributed by atoms with Gasteiger partial charge in [0.1, 0.15) is 0 Å². The summed E-state index contributed by atoms with van der Waals surface area (Å²) in [5.41, 5.74) is 1.61. The zero-order valence-electron chi connectivity index (χ0n) is 11.2. The van der Waals surface area contributed by atoms with Crippen LogP contribution in [0.5, 0.6) is 0 Å². The van der Waals surface area contributed by atoms with Crippen LogP contribution in [0.15, 0.2) is 36.5 Å². The number of halogens is 1. The van der Waals surface area contributed by atoms with E-state index in [4.69, 9.17) is 11.6 Å². The van der Waals surface area contributed by atoms with Gasteiger partial charge in [-0.05, 0) is 24.6 Å². The fourth-order valence-electron chi connectivity index (χ4n) is 1.68. The molecule has 1 aromatic carbocycles. The van der Waals surface area contributed by atoms with Gasteiger partial charge in [-0.3, -0.25) is 19.9 Å². The SMILES string of the molecule is Cc1ccc(CNC(=O)c2cc([N+](=O)[O-])ccc2Cl)cn1. The lowest BCUT2D eigenvalue weighted by molar-refractivity contribution is -0.384. The van der Waals surface area contributed by atoms with Crippen LogP contribution in [0.2, 0.25) is 5.02 Å². The van der Waals surface area contributed by atoms with Crippen molar-refractivity contribution in [2.24, 2.45) is 0 Å². The Morgan fingerprint density at radius 3 is 2.76 bits per heavy atom. The molecule has 0 bridgehead atoms. The van der Waals surface area contributed by atoms with Gasteiger partial charge in [-0.25, -0.2) is 0 Å². The number of carbonyl (C=O) groups is 1. The standard InChI is InChI=1S/C14H12ClN3O3/c1-9-2-3-10(7-16-9)8-17-14(19)12-6-11(18(20)21)4-5-13(12)15/h2-7H,8H2,1H3,(H,17,19). The number of aromatic nitrogens is 1. The Bertz CT molecular complexity index is 686. The topological polar surface area (TPSA) is 85.1 Å². The molecule has 2 rings (SSSR count). The van der Waals surface area contributed by atoms with Gasteiger partial charge in [0.05, 0.1) is 15.5 Å². The lowest BCUT2D eigenvalue weighted by atomic mass is 10.2. The van der Waals surface area contributed by atoms with E-state index in [0.717, 1.165) is 17.3 Å². The Balaban J connectivity index is 2.11. The van der Waals surface area contributed by atoms with Crippen molar-refractivity contribution < 1.29 is 9.72 Å². The molecule has 21 heavy (non-hydrogen) atoms. The highest BCUT2D eigenvalue weighted by atomic mass is 35.5. The molecule has 0 saturated heterocycles. The quantitative estimate of drug-likeness (QED) is 0.695. The first kappa shape index (κ1) is 14.9. The Morgan fingerprint density at radius 1 is 1.38 bits per heavy atom. The first-order valence-corrected chi connectivity index (χ1v) is 6.49. The van der Waals surface area contributed by atoms with Gasteiger partial charge in [0, 0.05) is 30.6 Å². The van der Waals surface area contributed by atoms with Gasteiger partial charge in [0.15, 0.2) is 0 Å². The molecule has 0 unspecified atom stereocenters. The number of benzene rings is 1. The normalized spacial score (nSPS) is 10.2. The Kier molecular flexibility index (Phi) is 4.49. The Labute approximate surface area is 125 Å². The van der Waals surface area contributed by atoms with Crippen LogP contribution in [0.3, 0.4) is 0 Å². The number of nitro benzene ring substituents is 1. The van der Waals surface area contributed by atoms with Crippen LogP contribution in [-0.2, 0) is 6.54 Å². The van der Waals surface area contributed by atoms with Crippen LogP contribution in [0.1, 0.15) is 21.6 Å². The second-order valence-electron chi connectivity index (χ2n) is 4.41. The number of rotatable bonds is 4. The molecule has 108 valence electrons. The second-order valence-corrected chi connectivity index (χ2v) is 4.82. The average molecular weight is 306 g/mol. The largest absolute Gasteiger partial charge is 0.348 e. The number of hydrogen-bond donors (Lipinski definition) is 1. The van der Waals surface area contributed by atoms with Crippen molar-refractivity contribution in [1.29, 1.82) is 0 Å². The molecule has 0 atom stereocenters. The minimum atomic E-state index is -0.572. The highest BCUT2D eigenvalue weighted by Gasteiger charge is 2.15. The monoisotopic (exact) mass is 305 g/mol. The van der Waals surface area contributed by atoms with E-state index < -0.39 is 10.8 Å². The number of nitro groups is 1. The van der Waals surface area contributed by atoms with E-state index >= 15 is 0 Å². The highest BCUT2D eigenvalue weighted by Crippen LogP contribution is 2.22. The number of pyridine rings is 1. The zero-order valence-corrected chi connectivity index (χ0v) is 11.9. The first-order chi connectivity index (χ1) is 9.97. The molecule has 0 aliphatic carbocycles. The van der Waals surface area contributed by atoms with E-state index in [1.54, 1.807) is 6.20 Å². The van der Waals surface area contributed by atoms with Gasteiger partial charge in [-0.1, -0.05) is 17.7 Å². The molecule has 1 aromatic heterocycles. The van der Waals surface area contributed by atoms with Gasteiger partial charge >= 0.3 is 0 Å². The van der Waals surface area contributed by atoms with Crippen molar-refractivity contribution in [3.63, 3.8) is 0 Å². The number of nitrogens with zero attached hydrogens (tertiary/aromatic N) is 2. The summed E-state index contributed by atoms with van der Waals surface area (Å²) >= 11 is 5.90. The maximum atomic E-state index is 12.0. The summed E-state index contributed by atoms with van der Waals surface area (Å²) in [6.07, 6.45) is 1.66. The molecular weight excluding hydrogens is 294 g/mol. The van der Waals surface area contributed by atoms with Crippen LogP contribution in [0.4, 0.5) is 5.69 Å². The maximum absolute atomic E-state index is 12.0. The predicted molar refractivity (Wildman–Crippen MR) is 78.3 cm³/mol. The van der Waals surface area contributed by atoms with E-state index in [9.17, 15) is 14.9 Å². The molecule has 0 aliphatic rings. The number of non-ortho nitro benzene ring substituents is 1. The molecule has 2 aromatic rings. The lowest BCUT2D eigenvalue weighted by Crippen LogP contribution is -2.23. The van der Waals surface area contributed by atoms with Crippen LogP contribution in [0.25, 0.3) is 0 Å². The van der Waals surface area contributed by atoms with Crippen molar-refractivity contribution in [3.8, 4) is 0 Å². The number of hydrogen-bond acceptors (Lipinski definition) is 4. The summed E-state index contributed by atoms with van der Waals surface area (Å²) in [7, 11) is 0. The molecule has 7 heteroatoms. The van der Waals surface area contributed by atoms with Gasteiger partial charge in [-0.2, -0.15) is 0 Å². The Hall–Kier alpha value is -2.47. The van der Waals surface area contributed by atoms with E-state index in [1.807, 2.05) is 19.1 Å². The third kappa shape index (κ3) is 3.76. The first-order valence-electron chi connectivity index (χ1n) is 6.11. The molecule has 6 nitrogen and oxygen atoms in total. The molecule has 0 aliphatic heterocycles. The predicted octanol–water partition coefficient (Wildman–Crippen LogP) is 2.88. The molecule has 1 amide bonds. The van der Waals surface area contributed by atoms with Crippen molar-refractivity contribution >= 4 is 23.2 Å². The highest BCUT2D eigenvalue weighted by molar-refractivity contribution is 6.33. The number of nitrogens with one attached hydrogen (secondary N) is 1. The minimum absolute atomic E-state index is 0.0749. The third-order valence-corrected chi connectivity index (χ3v) is 3.16. The van der Waals surface area contributed by atoms with Gasteiger partial charge in [0.25, 0.3) is 11.6 Å². The summed E-state index contributed by atoms with van der Waals surface area (Å²) < 4.78 is 0. The van der Waals surface area contributed by atoms with E-state index in [1.165, 1.54) is 12.1 Å². The lowest BCUT2D eigenvalue weighted by Gasteiger charge is -2.07. The van der Waals surface area contributed by atoms with Gasteiger partial charge in [0.2, 0.25) is 0 Å². The van der Waals surface area contributed by atoms with Crippen molar-refractivity contribution in [2.75, 3.05) is 0 Å². The molecule has 0 saturated carbocycles. The van der Waals surface area contributed by atoms with Crippen LogP contribution >= 0.6 is 11.6 Å². The molecule has 0 fully saturated rings. The van der Waals surface area contributed by atoms with Crippen molar-refractivity contribution in [2.45, 2.75) is 13.5 Å². The summed E-state index contributed by atoms with van der Waals surface area (Å²) in [6.45, 7) is 2.14. The summed E-state index contributed by atoms with van der Waals surface area (Å²) in [4.78, 5) is 26.3. The molecule has 1 heterocycles. The maximum Gasteiger partial charge on any atom is 0.270 e. The third-order valence-electron chi connectivity index (χ3n) is 2.83. The van der Waals surface area contributed by atoms with Gasteiger partial charge < -0.3 is 5.32 Å². The van der Waals surface area contributed by atoms with Crippen LogP contribution in [0, 0.1) is 17.0 Å². The molecule has 0 spiro atoms. The van der Waals surface area contributed by atoms with Crippen molar-refractivity contribution in [3.05, 3.63) is 68.5 Å². The molecular formula is C14H12ClN3O3. The summed E-state index contributed by atoms with van der Waals surface area (Å²) in [5.74, 6) is -0.468. The number of aryl methyl sites for hydroxylation is 1.